The Morgan fingerprint density at radius 3 is 2.26 bits per heavy atom. The molecule has 6 nitrogen and oxygen atoms in total. The van der Waals surface area contributed by atoms with Crippen molar-refractivity contribution in [1.82, 2.24) is 9.80 Å². The molecule has 0 atom stereocenters. The molecule has 0 bridgehead atoms. The molecule has 1 saturated heterocycles. The van der Waals surface area contributed by atoms with Crippen molar-refractivity contribution in [1.29, 1.82) is 5.26 Å². The van der Waals surface area contributed by atoms with E-state index in [-0.39, 0.29) is 24.2 Å². The Bertz CT molecular complexity index is 1220. The van der Waals surface area contributed by atoms with Gasteiger partial charge in [0.2, 0.25) is 5.91 Å². The van der Waals surface area contributed by atoms with Gasteiger partial charge in [-0.2, -0.15) is 5.26 Å². The largest absolute Gasteiger partial charge is 0.336 e. The zero-order chi connectivity index (χ0) is 23.9. The molecule has 1 aliphatic heterocycles. The summed E-state index contributed by atoms with van der Waals surface area (Å²) >= 11 is 1.41. The minimum absolute atomic E-state index is 0.0621. The Morgan fingerprint density at radius 1 is 0.912 bits per heavy atom. The van der Waals surface area contributed by atoms with Gasteiger partial charge in [-0.1, -0.05) is 36.0 Å². The van der Waals surface area contributed by atoms with Gasteiger partial charge in [-0.15, -0.1) is 0 Å². The van der Waals surface area contributed by atoms with Crippen molar-refractivity contribution >= 4 is 29.3 Å². The normalized spacial score (nSPS) is 13.8. The zero-order valence-electron chi connectivity index (χ0n) is 18.4. The molecule has 34 heavy (non-hydrogen) atoms. The van der Waals surface area contributed by atoms with E-state index in [9.17, 15) is 19.2 Å². The molecule has 3 aromatic rings. The average molecular weight is 475 g/mol. The molecule has 172 valence electrons. The van der Waals surface area contributed by atoms with Crippen LogP contribution in [0.5, 0.6) is 0 Å². The van der Waals surface area contributed by atoms with Gasteiger partial charge >= 0.3 is 0 Å². The van der Waals surface area contributed by atoms with Crippen molar-refractivity contribution in [3.63, 3.8) is 0 Å². The second-order valence-corrected chi connectivity index (χ2v) is 8.91. The van der Waals surface area contributed by atoms with Crippen LogP contribution in [0.15, 0.2) is 82.6 Å². The summed E-state index contributed by atoms with van der Waals surface area (Å²) in [5.41, 5.74) is 1.72. The zero-order valence-corrected chi connectivity index (χ0v) is 19.2. The van der Waals surface area contributed by atoms with E-state index >= 15 is 0 Å². The fourth-order valence-corrected chi connectivity index (χ4v) is 4.73. The fraction of sp³-hybridized carbons (Fsp3) is 0.192. The molecule has 0 unspecified atom stereocenters. The minimum atomic E-state index is -0.354. The van der Waals surface area contributed by atoms with Crippen LogP contribution in [0, 0.1) is 17.1 Å². The van der Waals surface area contributed by atoms with Crippen molar-refractivity contribution in [3.05, 3.63) is 89.7 Å². The van der Waals surface area contributed by atoms with Crippen molar-refractivity contribution in [2.75, 3.05) is 38.0 Å². The van der Waals surface area contributed by atoms with Gasteiger partial charge in [0.05, 0.1) is 17.7 Å². The summed E-state index contributed by atoms with van der Waals surface area (Å²) in [7, 11) is 0. The molecule has 0 aromatic heterocycles. The maximum Gasteiger partial charge on any atom is 0.255 e. The summed E-state index contributed by atoms with van der Waals surface area (Å²) < 4.78 is 13.0. The van der Waals surface area contributed by atoms with E-state index in [2.05, 4.69) is 11.4 Å². The number of hydrogen-bond donors (Lipinski definition) is 1. The Hall–Kier alpha value is -3.67. The van der Waals surface area contributed by atoms with Crippen LogP contribution in [-0.4, -0.2) is 54.3 Å². The molecule has 1 N–H and O–H groups in total. The van der Waals surface area contributed by atoms with Crippen LogP contribution >= 0.6 is 11.8 Å². The summed E-state index contributed by atoms with van der Waals surface area (Å²) in [5.74, 6) is -0.592. The predicted molar refractivity (Wildman–Crippen MR) is 129 cm³/mol. The molecule has 2 amide bonds. The highest BCUT2D eigenvalue weighted by atomic mass is 32.2. The number of rotatable bonds is 6. The molecular formula is C26H23FN4O2S. The Labute approximate surface area is 202 Å². The lowest BCUT2D eigenvalue weighted by atomic mass is 10.2. The average Bonchev–Trinajstić information content (AvgIpc) is 2.86. The van der Waals surface area contributed by atoms with Crippen LogP contribution in [0.4, 0.5) is 10.1 Å². The van der Waals surface area contributed by atoms with Crippen LogP contribution in [-0.2, 0) is 4.79 Å². The molecule has 8 heteroatoms. The smallest absolute Gasteiger partial charge is 0.255 e. The first-order valence-electron chi connectivity index (χ1n) is 10.9. The third-order valence-electron chi connectivity index (χ3n) is 5.50. The van der Waals surface area contributed by atoms with E-state index in [1.54, 1.807) is 11.0 Å². The highest BCUT2D eigenvalue weighted by molar-refractivity contribution is 7.99. The van der Waals surface area contributed by atoms with E-state index in [0.717, 1.165) is 9.79 Å². The molecular weight excluding hydrogens is 451 g/mol. The monoisotopic (exact) mass is 474 g/mol. The molecule has 1 aliphatic rings. The quantitative estimate of drug-likeness (QED) is 0.578. The predicted octanol–water partition coefficient (Wildman–Crippen LogP) is 4.25. The molecule has 0 aliphatic carbocycles. The summed E-state index contributed by atoms with van der Waals surface area (Å²) in [5, 5.41) is 12.1. The number of anilines is 1. The van der Waals surface area contributed by atoms with Crippen molar-refractivity contribution in [3.8, 4) is 6.07 Å². The van der Waals surface area contributed by atoms with Crippen LogP contribution in [0.2, 0.25) is 0 Å². The van der Waals surface area contributed by atoms with Gasteiger partial charge in [-0.05, 0) is 48.5 Å². The molecule has 1 fully saturated rings. The van der Waals surface area contributed by atoms with E-state index in [1.165, 1.54) is 36.0 Å². The third-order valence-corrected chi connectivity index (χ3v) is 6.65. The summed E-state index contributed by atoms with van der Waals surface area (Å²) in [6.07, 6.45) is 0. The van der Waals surface area contributed by atoms with E-state index in [4.69, 9.17) is 0 Å². The van der Waals surface area contributed by atoms with Gasteiger partial charge in [0, 0.05) is 41.7 Å². The first-order valence-corrected chi connectivity index (χ1v) is 11.7. The van der Waals surface area contributed by atoms with Gasteiger partial charge in [-0.3, -0.25) is 14.5 Å². The lowest BCUT2D eigenvalue weighted by Crippen LogP contribution is -2.50. The topological polar surface area (TPSA) is 76.4 Å². The Morgan fingerprint density at radius 2 is 1.56 bits per heavy atom. The SMILES string of the molecule is N#Cc1ccccc1Sc1ccccc1C(=O)N1CCN(CC(=O)Nc2ccc(F)cc2)CC1. The lowest BCUT2D eigenvalue weighted by molar-refractivity contribution is -0.117. The second kappa shape index (κ2) is 11.0. The number of halogens is 1. The molecule has 0 radical (unpaired) electrons. The second-order valence-electron chi connectivity index (χ2n) is 7.83. The first-order chi connectivity index (χ1) is 16.5. The van der Waals surface area contributed by atoms with Crippen LogP contribution < -0.4 is 5.32 Å². The summed E-state index contributed by atoms with van der Waals surface area (Å²) in [6, 6.07) is 22.6. The van der Waals surface area contributed by atoms with E-state index in [1.807, 2.05) is 47.4 Å². The summed E-state index contributed by atoms with van der Waals surface area (Å²) in [6.45, 7) is 2.38. The summed E-state index contributed by atoms with van der Waals surface area (Å²) in [4.78, 5) is 31.0. The molecule has 1 heterocycles. The number of hydrogen-bond acceptors (Lipinski definition) is 5. The number of nitriles is 1. The number of nitrogens with one attached hydrogen (secondary N) is 1. The number of nitrogens with zero attached hydrogens (tertiary/aromatic N) is 3. The van der Waals surface area contributed by atoms with Crippen LogP contribution in [0.3, 0.4) is 0 Å². The Balaban J connectivity index is 1.35. The van der Waals surface area contributed by atoms with Gasteiger partial charge in [0.15, 0.2) is 0 Å². The fourth-order valence-electron chi connectivity index (χ4n) is 3.72. The first kappa shape index (κ1) is 23.5. The van der Waals surface area contributed by atoms with Crippen molar-refractivity contribution in [2.24, 2.45) is 0 Å². The number of benzene rings is 3. The van der Waals surface area contributed by atoms with Gasteiger partial charge < -0.3 is 10.2 Å². The highest BCUT2D eigenvalue weighted by Gasteiger charge is 2.25. The van der Waals surface area contributed by atoms with Gasteiger partial charge in [0.25, 0.3) is 5.91 Å². The maximum absolute atomic E-state index is 13.3. The number of amides is 2. The lowest BCUT2D eigenvalue weighted by Gasteiger charge is -2.34. The molecule has 4 rings (SSSR count). The van der Waals surface area contributed by atoms with Gasteiger partial charge in [-0.25, -0.2) is 4.39 Å². The van der Waals surface area contributed by atoms with E-state index in [0.29, 0.717) is 43.0 Å². The molecule has 0 spiro atoms. The minimum Gasteiger partial charge on any atom is -0.336 e. The van der Waals surface area contributed by atoms with Crippen LogP contribution in [0.1, 0.15) is 15.9 Å². The van der Waals surface area contributed by atoms with Crippen molar-refractivity contribution in [2.45, 2.75) is 9.79 Å². The van der Waals surface area contributed by atoms with Crippen molar-refractivity contribution < 1.29 is 14.0 Å². The number of piperazine rings is 1. The van der Waals surface area contributed by atoms with Gasteiger partial charge in [0.1, 0.15) is 11.9 Å². The third kappa shape index (κ3) is 5.81. The van der Waals surface area contributed by atoms with E-state index < -0.39 is 0 Å². The van der Waals surface area contributed by atoms with Crippen LogP contribution in [0.25, 0.3) is 0 Å². The Kier molecular flexibility index (Phi) is 7.58. The molecule has 3 aromatic carbocycles. The standard InChI is InChI=1S/C26H23FN4O2S/c27-20-9-11-21(12-10-20)29-25(32)18-30-13-15-31(16-14-30)26(33)22-6-2-4-8-24(22)34-23-7-3-1-5-19(23)17-28/h1-12H,13-16,18H2,(H,29,32). The molecule has 0 saturated carbocycles. The maximum atomic E-state index is 13.3. The number of carbonyl (C=O) groups is 2. The highest BCUT2D eigenvalue weighted by Crippen LogP contribution is 2.33. The number of carbonyl (C=O) groups excluding carboxylic acids is 2.